The minimum atomic E-state index is -0.864. The third-order valence-electron chi connectivity index (χ3n) is 12.1. The number of aliphatic hydroxyl groups excluding tert-OH is 2. The first kappa shape index (κ1) is 56.6. The molecule has 0 fully saturated rings. The number of carbonyl (C=O) groups excluding carboxylic acids is 1. The number of rotatable bonds is 48. The van der Waals surface area contributed by atoms with E-state index in [0.29, 0.717) is 6.42 Å². The first-order valence-corrected chi connectivity index (χ1v) is 26.2. The highest BCUT2D eigenvalue weighted by Gasteiger charge is 2.17. The van der Waals surface area contributed by atoms with Gasteiger partial charge in [0.1, 0.15) is 0 Å². The van der Waals surface area contributed by atoms with Gasteiger partial charge in [-0.3, -0.25) is 4.79 Å². The molecule has 1 amide bonds. The zero-order valence-electron chi connectivity index (χ0n) is 39.3. The molecule has 0 saturated carbocycles. The molecule has 0 saturated heterocycles. The molecule has 4 nitrogen and oxygen atoms in total. The van der Waals surface area contributed by atoms with Crippen LogP contribution in [0.1, 0.15) is 284 Å². The van der Waals surface area contributed by atoms with Crippen LogP contribution >= 0.6 is 0 Å². The smallest absolute Gasteiger partial charge is 0.220 e. The van der Waals surface area contributed by atoms with Crippen LogP contribution in [0, 0.1) is 0 Å². The van der Waals surface area contributed by atoms with Crippen molar-refractivity contribution in [2.75, 3.05) is 6.61 Å². The van der Waals surface area contributed by atoms with Gasteiger partial charge in [-0.15, -0.1) is 0 Å². The highest BCUT2D eigenvalue weighted by Crippen LogP contribution is 2.16. The summed E-state index contributed by atoms with van der Waals surface area (Å²) in [6, 6.07) is -0.641. The maximum atomic E-state index is 12.4. The maximum Gasteiger partial charge on any atom is 0.220 e. The monoisotopic (exact) mass is 814 g/mol. The van der Waals surface area contributed by atoms with E-state index in [4.69, 9.17) is 0 Å². The van der Waals surface area contributed by atoms with Crippen molar-refractivity contribution in [1.29, 1.82) is 0 Å². The molecule has 0 aliphatic heterocycles. The van der Waals surface area contributed by atoms with Crippen LogP contribution < -0.4 is 5.32 Å². The van der Waals surface area contributed by atoms with Gasteiger partial charge in [-0.05, 0) is 57.8 Å². The van der Waals surface area contributed by atoms with Crippen molar-refractivity contribution < 1.29 is 15.0 Å². The molecule has 0 rings (SSSR count). The standard InChI is InChI=1S/C54H103NO3/c1-3-5-7-9-11-13-15-17-19-21-23-25-27-29-31-33-35-37-39-41-43-45-47-49-53(57)52(51-56)55-54(58)50-48-46-44-42-40-38-36-34-32-30-28-26-24-22-20-18-16-14-12-10-8-6-4-2/h30,32,39,41,47,49,52-53,56-57H,3-29,31,33-38,40,42-46,48,50-51H2,1-2H3,(H,55,58)/b32-30-,41-39+,49-47+. The second-order valence-electron chi connectivity index (χ2n) is 17.9. The molecule has 0 aromatic rings. The number of unbranched alkanes of at least 4 members (excludes halogenated alkanes) is 37. The van der Waals surface area contributed by atoms with Crippen LogP contribution in [0.25, 0.3) is 0 Å². The number of amides is 1. The Kier molecular flexibility index (Phi) is 48.8. The molecular weight excluding hydrogens is 711 g/mol. The van der Waals surface area contributed by atoms with E-state index in [9.17, 15) is 15.0 Å². The first-order chi connectivity index (χ1) is 28.7. The lowest BCUT2D eigenvalue weighted by Gasteiger charge is -2.19. The molecule has 0 aliphatic carbocycles. The van der Waals surface area contributed by atoms with Crippen LogP contribution in [0.2, 0.25) is 0 Å². The van der Waals surface area contributed by atoms with E-state index in [2.05, 4.69) is 43.5 Å². The SMILES string of the molecule is CCCCCCCCCCCCCC/C=C\CCCCCCCCCC(=O)NC(CO)C(O)/C=C/CC/C=C/CCCCCCCCCCCCCCCCCCC. The van der Waals surface area contributed by atoms with Gasteiger partial charge < -0.3 is 15.5 Å². The number of hydrogen-bond donors (Lipinski definition) is 3. The van der Waals surface area contributed by atoms with Gasteiger partial charge in [0, 0.05) is 6.42 Å². The topological polar surface area (TPSA) is 69.6 Å². The average Bonchev–Trinajstić information content (AvgIpc) is 3.23. The second kappa shape index (κ2) is 50.0. The van der Waals surface area contributed by atoms with E-state index >= 15 is 0 Å². The van der Waals surface area contributed by atoms with Crippen LogP contribution in [-0.4, -0.2) is 34.9 Å². The van der Waals surface area contributed by atoms with Gasteiger partial charge in [0.05, 0.1) is 18.8 Å². The Morgan fingerprint density at radius 1 is 0.397 bits per heavy atom. The number of nitrogens with one attached hydrogen (secondary N) is 1. The largest absolute Gasteiger partial charge is 0.394 e. The fraction of sp³-hybridized carbons (Fsp3) is 0.870. The molecule has 0 heterocycles. The minimum absolute atomic E-state index is 0.0749. The summed E-state index contributed by atoms with van der Waals surface area (Å²) >= 11 is 0. The van der Waals surface area contributed by atoms with Crippen LogP contribution in [0.5, 0.6) is 0 Å². The Morgan fingerprint density at radius 3 is 1.00 bits per heavy atom. The van der Waals surface area contributed by atoms with E-state index in [1.807, 2.05) is 6.08 Å². The Hall–Kier alpha value is -1.39. The summed E-state index contributed by atoms with van der Waals surface area (Å²) in [5.41, 5.74) is 0. The molecule has 0 aromatic carbocycles. The highest BCUT2D eigenvalue weighted by molar-refractivity contribution is 5.76. The normalized spacial score (nSPS) is 13.1. The zero-order valence-corrected chi connectivity index (χ0v) is 39.3. The Balaban J connectivity index is 3.55. The van der Waals surface area contributed by atoms with Gasteiger partial charge in [-0.1, -0.05) is 256 Å². The second-order valence-corrected chi connectivity index (χ2v) is 17.9. The number of aliphatic hydroxyl groups is 2. The molecule has 0 radical (unpaired) electrons. The lowest BCUT2D eigenvalue weighted by molar-refractivity contribution is -0.123. The van der Waals surface area contributed by atoms with Gasteiger partial charge in [-0.25, -0.2) is 0 Å². The van der Waals surface area contributed by atoms with Crippen molar-refractivity contribution in [3.63, 3.8) is 0 Å². The zero-order chi connectivity index (χ0) is 42.1. The Bertz CT molecular complexity index is 882. The third-order valence-corrected chi connectivity index (χ3v) is 12.1. The van der Waals surface area contributed by atoms with Gasteiger partial charge in [0.15, 0.2) is 0 Å². The van der Waals surface area contributed by atoms with E-state index in [1.54, 1.807) is 6.08 Å². The molecule has 2 atom stereocenters. The number of allylic oxidation sites excluding steroid dienone is 5. The molecular formula is C54H103NO3. The molecule has 2 unspecified atom stereocenters. The summed E-state index contributed by atoms with van der Waals surface area (Å²) < 4.78 is 0. The average molecular weight is 814 g/mol. The number of hydrogen-bond acceptors (Lipinski definition) is 3. The summed E-state index contributed by atoms with van der Waals surface area (Å²) in [6.45, 7) is 4.32. The predicted molar refractivity (Wildman–Crippen MR) is 258 cm³/mol. The van der Waals surface area contributed by atoms with Crippen molar-refractivity contribution >= 4 is 5.91 Å². The first-order valence-electron chi connectivity index (χ1n) is 26.2. The molecule has 342 valence electrons. The van der Waals surface area contributed by atoms with E-state index < -0.39 is 12.1 Å². The minimum Gasteiger partial charge on any atom is -0.394 e. The predicted octanol–water partition coefficient (Wildman–Crippen LogP) is 16.9. The van der Waals surface area contributed by atoms with Crippen molar-refractivity contribution in [2.45, 2.75) is 296 Å². The molecule has 0 aromatic heterocycles. The summed E-state index contributed by atoms with van der Waals surface area (Å²) in [5, 5.41) is 23.1. The van der Waals surface area contributed by atoms with E-state index in [-0.39, 0.29) is 12.5 Å². The molecule has 58 heavy (non-hydrogen) atoms. The van der Waals surface area contributed by atoms with Crippen LogP contribution in [0.3, 0.4) is 0 Å². The summed E-state index contributed by atoms with van der Waals surface area (Å²) in [5.74, 6) is -0.0749. The fourth-order valence-corrected chi connectivity index (χ4v) is 8.07. The molecule has 0 aliphatic rings. The van der Waals surface area contributed by atoms with Gasteiger partial charge in [0.2, 0.25) is 5.91 Å². The fourth-order valence-electron chi connectivity index (χ4n) is 8.07. The van der Waals surface area contributed by atoms with Crippen LogP contribution in [0.4, 0.5) is 0 Å². The molecule has 0 spiro atoms. The number of carbonyl (C=O) groups is 1. The molecule has 4 heteroatoms. The molecule has 0 bridgehead atoms. The summed E-state index contributed by atoms with van der Waals surface area (Å²) in [7, 11) is 0. The van der Waals surface area contributed by atoms with Gasteiger partial charge in [-0.2, -0.15) is 0 Å². The quantitative estimate of drug-likeness (QED) is 0.0423. The lowest BCUT2D eigenvalue weighted by atomic mass is 10.0. The summed E-state index contributed by atoms with van der Waals surface area (Å²) in [4.78, 5) is 12.4. The van der Waals surface area contributed by atoms with Crippen LogP contribution in [0.15, 0.2) is 36.5 Å². The molecule has 3 N–H and O–H groups in total. The Morgan fingerprint density at radius 2 is 0.672 bits per heavy atom. The van der Waals surface area contributed by atoms with Crippen molar-refractivity contribution in [3.8, 4) is 0 Å². The summed E-state index contributed by atoms with van der Waals surface area (Å²) in [6.07, 6.45) is 67.2. The van der Waals surface area contributed by atoms with E-state index in [0.717, 1.165) is 32.1 Å². The van der Waals surface area contributed by atoms with Gasteiger partial charge in [0.25, 0.3) is 0 Å². The van der Waals surface area contributed by atoms with E-state index in [1.165, 1.54) is 231 Å². The van der Waals surface area contributed by atoms with Crippen LogP contribution in [-0.2, 0) is 4.79 Å². The van der Waals surface area contributed by atoms with Crippen molar-refractivity contribution in [3.05, 3.63) is 36.5 Å². The lowest BCUT2D eigenvalue weighted by Crippen LogP contribution is -2.45. The highest BCUT2D eigenvalue weighted by atomic mass is 16.3. The Labute approximate surface area is 363 Å². The third kappa shape index (κ3) is 45.7. The van der Waals surface area contributed by atoms with Gasteiger partial charge >= 0.3 is 0 Å². The maximum absolute atomic E-state index is 12.4. The van der Waals surface area contributed by atoms with Crippen molar-refractivity contribution in [1.82, 2.24) is 5.32 Å². The van der Waals surface area contributed by atoms with Crippen molar-refractivity contribution in [2.24, 2.45) is 0 Å².